The van der Waals surface area contributed by atoms with Crippen LogP contribution in [0.25, 0.3) is 0 Å². The van der Waals surface area contributed by atoms with Crippen molar-refractivity contribution in [1.29, 1.82) is 0 Å². The van der Waals surface area contributed by atoms with Crippen LogP contribution in [0.15, 0.2) is 0 Å². The Balaban J connectivity index is 1.77. The largest absolute Gasteiger partial charge is 0.449 e. The van der Waals surface area contributed by atoms with Crippen LogP contribution in [0, 0.1) is 11.3 Å². The number of carbonyl (C=O) groups is 1. The number of alkyl carbamates (subject to hydrolysis) is 1. The average Bonchev–Trinajstić information content (AvgIpc) is 2.33. The number of hydrogen-bond acceptors (Lipinski definition) is 3. The Kier molecular flexibility index (Phi) is 3.92. The van der Waals surface area contributed by atoms with Crippen molar-refractivity contribution in [2.45, 2.75) is 45.6 Å². The van der Waals surface area contributed by atoms with E-state index >= 15 is 0 Å². The molecule has 1 aliphatic heterocycles. The predicted molar refractivity (Wildman–Crippen MR) is 64.8 cm³/mol. The molecule has 4 heteroatoms. The average molecular weight is 241 g/mol. The van der Waals surface area contributed by atoms with E-state index in [9.17, 15) is 4.79 Å². The number of amides is 1. The van der Waals surface area contributed by atoms with Crippen LogP contribution in [0.3, 0.4) is 0 Å². The summed E-state index contributed by atoms with van der Waals surface area (Å²) in [6, 6.07) is 0.297. The summed E-state index contributed by atoms with van der Waals surface area (Å²) >= 11 is 0. The zero-order valence-electron chi connectivity index (χ0n) is 10.8. The molecule has 1 aliphatic carbocycles. The molecule has 2 aliphatic rings. The van der Waals surface area contributed by atoms with Gasteiger partial charge in [-0.25, -0.2) is 4.79 Å². The van der Waals surface area contributed by atoms with Crippen LogP contribution in [0.1, 0.15) is 39.5 Å². The number of rotatable bonds is 3. The third kappa shape index (κ3) is 2.92. The lowest BCUT2D eigenvalue weighted by Gasteiger charge is -2.51. The molecule has 0 aromatic rings. The van der Waals surface area contributed by atoms with Gasteiger partial charge in [0.25, 0.3) is 0 Å². The van der Waals surface area contributed by atoms with Crippen molar-refractivity contribution in [2.24, 2.45) is 11.3 Å². The first-order valence-corrected chi connectivity index (χ1v) is 6.63. The fraction of sp³-hybridized carbons (Fsp3) is 0.923. The first kappa shape index (κ1) is 12.7. The topological polar surface area (TPSA) is 47.6 Å². The fourth-order valence-corrected chi connectivity index (χ4v) is 2.72. The lowest BCUT2D eigenvalue weighted by Crippen LogP contribution is -2.57. The van der Waals surface area contributed by atoms with Crippen molar-refractivity contribution in [3.05, 3.63) is 0 Å². The van der Waals surface area contributed by atoms with Crippen LogP contribution < -0.4 is 5.32 Å². The van der Waals surface area contributed by atoms with Crippen LogP contribution in [0.4, 0.5) is 4.79 Å². The molecular formula is C13H23NO3. The van der Waals surface area contributed by atoms with Crippen molar-refractivity contribution in [2.75, 3.05) is 19.8 Å². The van der Waals surface area contributed by atoms with Gasteiger partial charge in [0.15, 0.2) is 0 Å². The Morgan fingerprint density at radius 1 is 1.41 bits per heavy atom. The molecule has 1 spiro atoms. The van der Waals surface area contributed by atoms with E-state index < -0.39 is 0 Å². The summed E-state index contributed by atoms with van der Waals surface area (Å²) in [5.74, 6) is 0.388. The first-order valence-electron chi connectivity index (χ1n) is 6.63. The molecule has 98 valence electrons. The molecule has 1 unspecified atom stereocenters. The van der Waals surface area contributed by atoms with E-state index in [-0.39, 0.29) is 6.09 Å². The fourth-order valence-electron chi connectivity index (χ4n) is 2.72. The van der Waals surface area contributed by atoms with Gasteiger partial charge in [-0.3, -0.25) is 0 Å². The minimum Gasteiger partial charge on any atom is -0.449 e. The Bertz CT molecular complexity index is 272. The molecule has 1 saturated carbocycles. The van der Waals surface area contributed by atoms with E-state index in [1.807, 2.05) is 13.8 Å². The number of ether oxygens (including phenoxy) is 2. The summed E-state index contributed by atoms with van der Waals surface area (Å²) in [6.07, 6.45) is 4.18. The van der Waals surface area contributed by atoms with Gasteiger partial charge in [-0.05, 0) is 37.0 Å². The lowest BCUT2D eigenvalue weighted by atomic mass is 9.60. The molecule has 0 aromatic heterocycles. The van der Waals surface area contributed by atoms with Gasteiger partial charge in [0.05, 0.1) is 6.61 Å². The van der Waals surface area contributed by atoms with Crippen molar-refractivity contribution in [3.63, 3.8) is 0 Å². The van der Waals surface area contributed by atoms with E-state index in [0.29, 0.717) is 24.0 Å². The maximum absolute atomic E-state index is 11.6. The summed E-state index contributed by atoms with van der Waals surface area (Å²) in [7, 11) is 0. The van der Waals surface area contributed by atoms with Crippen molar-refractivity contribution in [1.82, 2.24) is 5.32 Å². The highest BCUT2D eigenvalue weighted by molar-refractivity contribution is 5.67. The predicted octanol–water partition coefficient (Wildman–Crippen LogP) is 2.33. The molecule has 1 heterocycles. The maximum Gasteiger partial charge on any atom is 0.407 e. The molecule has 4 nitrogen and oxygen atoms in total. The smallest absolute Gasteiger partial charge is 0.407 e. The second kappa shape index (κ2) is 5.25. The second-order valence-corrected chi connectivity index (χ2v) is 5.70. The quantitative estimate of drug-likeness (QED) is 0.825. The standard InChI is InChI=1S/C13H23NO3/c1-10(2)9-17-12(15)14-11-3-4-13(11)5-7-16-8-6-13/h10-11H,3-9H2,1-2H3,(H,14,15). The van der Waals surface area contributed by atoms with Crippen molar-refractivity contribution in [3.8, 4) is 0 Å². The van der Waals surface area contributed by atoms with Crippen LogP contribution >= 0.6 is 0 Å². The minimum absolute atomic E-state index is 0.255. The molecule has 0 aromatic carbocycles. The van der Waals surface area contributed by atoms with Gasteiger partial charge in [-0.1, -0.05) is 13.8 Å². The summed E-state index contributed by atoms with van der Waals surface area (Å²) in [4.78, 5) is 11.6. The minimum atomic E-state index is -0.255. The highest BCUT2D eigenvalue weighted by Gasteiger charge is 2.48. The maximum atomic E-state index is 11.6. The highest BCUT2D eigenvalue weighted by Crippen LogP contribution is 2.48. The molecule has 2 rings (SSSR count). The molecule has 1 saturated heterocycles. The Morgan fingerprint density at radius 2 is 2.12 bits per heavy atom. The van der Waals surface area contributed by atoms with Gasteiger partial charge in [-0.2, -0.15) is 0 Å². The highest BCUT2D eigenvalue weighted by atomic mass is 16.5. The van der Waals surface area contributed by atoms with Crippen LogP contribution in [-0.2, 0) is 9.47 Å². The Labute approximate surface area is 103 Å². The zero-order chi connectivity index (χ0) is 12.3. The van der Waals surface area contributed by atoms with Gasteiger partial charge in [-0.15, -0.1) is 0 Å². The molecule has 0 radical (unpaired) electrons. The Morgan fingerprint density at radius 3 is 2.65 bits per heavy atom. The molecule has 1 amide bonds. The van der Waals surface area contributed by atoms with Gasteiger partial charge in [0.1, 0.15) is 0 Å². The van der Waals surface area contributed by atoms with E-state index in [4.69, 9.17) is 9.47 Å². The van der Waals surface area contributed by atoms with Crippen molar-refractivity contribution < 1.29 is 14.3 Å². The summed E-state index contributed by atoms with van der Waals surface area (Å²) in [5.41, 5.74) is 0.301. The third-order valence-electron chi connectivity index (χ3n) is 4.00. The first-order chi connectivity index (χ1) is 8.12. The van der Waals surface area contributed by atoms with Crippen molar-refractivity contribution >= 4 is 6.09 Å². The van der Waals surface area contributed by atoms with E-state index in [2.05, 4.69) is 5.32 Å². The van der Waals surface area contributed by atoms with E-state index in [0.717, 1.165) is 32.5 Å². The monoisotopic (exact) mass is 241 g/mol. The van der Waals surface area contributed by atoms with E-state index in [1.165, 1.54) is 6.42 Å². The zero-order valence-corrected chi connectivity index (χ0v) is 10.8. The molecule has 0 bridgehead atoms. The molecule has 17 heavy (non-hydrogen) atoms. The van der Waals surface area contributed by atoms with Crippen LogP contribution in [-0.4, -0.2) is 32.0 Å². The molecular weight excluding hydrogens is 218 g/mol. The Hall–Kier alpha value is -0.770. The number of hydrogen-bond donors (Lipinski definition) is 1. The summed E-state index contributed by atoms with van der Waals surface area (Å²) in [6.45, 7) is 6.24. The SMILES string of the molecule is CC(C)COC(=O)NC1CCC12CCOCC2. The van der Waals surface area contributed by atoms with E-state index in [1.54, 1.807) is 0 Å². The van der Waals surface area contributed by atoms with Crippen LogP contribution in [0.5, 0.6) is 0 Å². The summed E-state index contributed by atoms with van der Waals surface area (Å²) in [5, 5.41) is 3.02. The molecule has 1 N–H and O–H groups in total. The number of carbonyl (C=O) groups excluding carboxylic acids is 1. The molecule has 1 atom stereocenters. The van der Waals surface area contributed by atoms with Gasteiger partial charge >= 0.3 is 6.09 Å². The van der Waals surface area contributed by atoms with Gasteiger partial charge < -0.3 is 14.8 Å². The lowest BCUT2D eigenvalue weighted by molar-refractivity contribution is -0.0539. The number of nitrogens with one attached hydrogen (secondary N) is 1. The van der Waals surface area contributed by atoms with Crippen LogP contribution in [0.2, 0.25) is 0 Å². The molecule has 2 fully saturated rings. The van der Waals surface area contributed by atoms with Gasteiger partial charge in [0.2, 0.25) is 0 Å². The normalized spacial score (nSPS) is 26.6. The third-order valence-corrected chi connectivity index (χ3v) is 4.00. The second-order valence-electron chi connectivity index (χ2n) is 5.70. The summed E-state index contributed by atoms with van der Waals surface area (Å²) < 4.78 is 10.6. The van der Waals surface area contributed by atoms with Gasteiger partial charge in [0, 0.05) is 19.3 Å².